The number of quaternary nitrogens is 1. The van der Waals surface area contributed by atoms with E-state index in [1.807, 2.05) is 0 Å². The molecule has 0 amide bonds. The fourth-order valence-corrected chi connectivity index (χ4v) is 3.42. The highest BCUT2D eigenvalue weighted by Crippen LogP contribution is 2.13. The molecule has 0 heterocycles. The summed E-state index contributed by atoms with van der Waals surface area (Å²) in [6.07, 6.45) is 20.3. The Morgan fingerprint density at radius 3 is 1.18 bits per heavy atom. The molecule has 6 heteroatoms. The van der Waals surface area contributed by atoms with Gasteiger partial charge in [-0.25, -0.2) is 8.42 Å². The van der Waals surface area contributed by atoms with Crippen molar-refractivity contribution in [2.45, 2.75) is 124 Å². The average Bonchev–Trinajstić information content (AvgIpc) is 2.64. The zero-order chi connectivity index (χ0) is 21.3. The molecule has 0 rings (SSSR count). The summed E-state index contributed by atoms with van der Waals surface area (Å²) in [5.41, 5.74) is 0. The van der Waals surface area contributed by atoms with Gasteiger partial charge in [0.25, 0.3) is 0 Å². The Hall–Kier alpha value is -0.170. The lowest BCUT2D eigenvalue weighted by Gasteiger charge is -2.07. The van der Waals surface area contributed by atoms with Gasteiger partial charge in [-0.05, 0) is 20.3 Å². The average molecular weight is 424 g/mol. The van der Waals surface area contributed by atoms with Gasteiger partial charge in [-0.3, -0.25) is 4.18 Å². The third kappa shape index (κ3) is 33.4. The Bertz CT molecular complexity index is 373. The first-order valence-electron chi connectivity index (χ1n) is 11.9. The summed E-state index contributed by atoms with van der Waals surface area (Å²) in [7, 11) is -4.49. The predicted molar refractivity (Wildman–Crippen MR) is 118 cm³/mol. The van der Waals surface area contributed by atoms with Gasteiger partial charge in [-0.2, -0.15) is 0 Å². The third-order valence-electron chi connectivity index (χ3n) is 4.80. The van der Waals surface area contributed by atoms with Gasteiger partial charge in [0.1, 0.15) is 0 Å². The molecule has 0 radical (unpaired) electrons. The van der Waals surface area contributed by atoms with Crippen LogP contribution in [0.2, 0.25) is 0 Å². The lowest BCUT2D eigenvalue weighted by Crippen LogP contribution is -2.82. The summed E-state index contributed by atoms with van der Waals surface area (Å²) >= 11 is 0. The van der Waals surface area contributed by atoms with Crippen LogP contribution in [-0.4, -0.2) is 32.7 Å². The smallest absolute Gasteiger partial charge is 0.217 e. The molecule has 0 atom stereocenters. The number of hydrogen-bond donors (Lipinski definition) is 1. The van der Waals surface area contributed by atoms with Gasteiger partial charge < -0.3 is 9.87 Å². The largest absolute Gasteiger partial charge is 0.726 e. The summed E-state index contributed by atoms with van der Waals surface area (Å²) in [4.78, 5) is 0. The SMILES string of the molecule is CCCCCCCCCCCCCCCCCCOS(=O)(=O)[O-].CC[NH2+]CC. The van der Waals surface area contributed by atoms with E-state index in [0.717, 1.165) is 12.8 Å². The van der Waals surface area contributed by atoms with E-state index in [0.29, 0.717) is 6.42 Å². The van der Waals surface area contributed by atoms with Crippen molar-refractivity contribution in [1.82, 2.24) is 0 Å². The van der Waals surface area contributed by atoms with Crippen LogP contribution in [0.1, 0.15) is 124 Å². The van der Waals surface area contributed by atoms with E-state index in [2.05, 4.69) is 30.3 Å². The van der Waals surface area contributed by atoms with Crippen molar-refractivity contribution in [3.8, 4) is 0 Å². The standard InChI is InChI=1S/C18H38O4S.C4H11N/c1-2-3-4-5-6-7-8-9-10-11-12-13-14-15-16-17-18-22-23(19,20)21;1-3-5-4-2/h2-18H2,1H3,(H,19,20,21);5H,3-4H2,1-2H3. The van der Waals surface area contributed by atoms with Crippen molar-refractivity contribution in [1.29, 1.82) is 0 Å². The zero-order valence-electron chi connectivity index (χ0n) is 19.1. The van der Waals surface area contributed by atoms with Crippen LogP contribution in [-0.2, 0) is 14.6 Å². The molecule has 0 aliphatic rings. The molecule has 0 aliphatic carbocycles. The first kappa shape index (κ1) is 30.0. The summed E-state index contributed by atoms with van der Waals surface area (Å²) in [6.45, 7) is 9.04. The van der Waals surface area contributed by atoms with E-state index in [1.54, 1.807) is 0 Å². The number of unbranched alkanes of at least 4 members (excludes halogenated alkanes) is 15. The van der Waals surface area contributed by atoms with Crippen LogP contribution in [0, 0.1) is 0 Å². The predicted octanol–water partition coefficient (Wildman–Crippen LogP) is 5.31. The number of nitrogens with two attached hydrogens (primary N) is 1. The van der Waals surface area contributed by atoms with Crippen molar-refractivity contribution in [3.05, 3.63) is 0 Å². The topological polar surface area (TPSA) is 83.0 Å². The molecule has 0 aliphatic heterocycles. The van der Waals surface area contributed by atoms with Crippen molar-refractivity contribution in [3.63, 3.8) is 0 Å². The second-order valence-corrected chi connectivity index (χ2v) is 8.69. The monoisotopic (exact) mass is 423 g/mol. The van der Waals surface area contributed by atoms with E-state index in [1.165, 1.54) is 96.6 Å². The van der Waals surface area contributed by atoms with E-state index >= 15 is 0 Å². The molecule has 0 spiro atoms. The van der Waals surface area contributed by atoms with Crippen LogP contribution in [0.4, 0.5) is 0 Å². The van der Waals surface area contributed by atoms with E-state index in [9.17, 15) is 13.0 Å². The Balaban J connectivity index is 0. The Kier molecular flexibility index (Phi) is 26.7. The van der Waals surface area contributed by atoms with Gasteiger partial charge in [0.05, 0.1) is 19.7 Å². The lowest BCUT2D eigenvalue weighted by molar-refractivity contribution is -0.648. The molecule has 0 fully saturated rings. The molecule has 0 unspecified atom stereocenters. The fourth-order valence-electron chi connectivity index (χ4n) is 3.10. The lowest BCUT2D eigenvalue weighted by atomic mass is 10.0. The highest BCUT2D eigenvalue weighted by molar-refractivity contribution is 7.80. The van der Waals surface area contributed by atoms with Gasteiger partial charge in [0, 0.05) is 0 Å². The van der Waals surface area contributed by atoms with Gasteiger partial charge in [-0.15, -0.1) is 0 Å². The van der Waals surface area contributed by atoms with Crippen molar-refractivity contribution in [2.24, 2.45) is 0 Å². The van der Waals surface area contributed by atoms with Crippen LogP contribution in [0.25, 0.3) is 0 Å². The highest BCUT2D eigenvalue weighted by Gasteiger charge is 1.96. The molecule has 2 N–H and O–H groups in total. The first-order chi connectivity index (χ1) is 13.5. The molecule has 0 bridgehead atoms. The quantitative estimate of drug-likeness (QED) is 0.163. The highest BCUT2D eigenvalue weighted by atomic mass is 32.3. The van der Waals surface area contributed by atoms with Crippen LogP contribution in [0.15, 0.2) is 0 Å². The number of hydrogen-bond acceptors (Lipinski definition) is 4. The first-order valence-corrected chi connectivity index (χ1v) is 13.2. The third-order valence-corrected chi connectivity index (χ3v) is 5.26. The molecule has 0 aromatic carbocycles. The molecule has 5 nitrogen and oxygen atoms in total. The summed E-state index contributed by atoms with van der Waals surface area (Å²) in [5.74, 6) is 0. The summed E-state index contributed by atoms with van der Waals surface area (Å²) in [5, 5.41) is 2.25. The minimum absolute atomic E-state index is 0.0320. The molecule has 0 aromatic rings. The van der Waals surface area contributed by atoms with Gasteiger partial charge in [0.15, 0.2) is 0 Å². The summed E-state index contributed by atoms with van der Waals surface area (Å²) in [6, 6.07) is 0. The van der Waals surface area contributed by atoms with Crippen LogP contribution in [0.5, 0.6) is 0 Å². The van der Waals surface area contributed by atoms with Crippen molar-refractivity contribution >= 4 is 10.4 Å². The minimum atomic E-state index is -4.49. The van der Waals surface area contributed by atoms with Crippen molar-refractivity contribution in [2.75, 3.05) is 19.7 Å². The Morgan fingerprint density at radius 1 is 0.607 bits per heavy atom. The molecule has 28 heavy (non-hydrogen) atoms. The van der Waals surface area contributed by atoms with Crippen LogP contribution < -0.4 is 5.32 Å². The van der Waals surface area contributed by atoms with Crippen LogP contribution >= 0.6 is 0 Å². The Morgan fingerprint density at radius 2 is 0.929 bits per heavy atom. The van der Waals surface area contributed by atoms with Gasteiger partial charge in [0.2, 0.25) is 10.4 Å². The second kappa shape index (κ2) is 24.9. The zero-order valence-corrected chi connectivity index (χ0v) is 19.9. The van der Waals surface area contributed by atoms with E-state index in [4.69, 9.17) is 0 Å². The minimum Gasteiger partial charge on any atom is -0.726 e. The maximum absolute atomic E-state index is 10.2. The molecule has 0 aromatic heterocycles. The molecular formula is C22H49NO4S. The maximum atomic E-state index is 10.2. The second-order valence-electron chi connectivity index (χ2n) is 7.64. The van der Waals surface area contributed by atoms with Crippen LogP contribution in [0.3, 0.4) is 0 Å². The molecule has 0 saturated heterocycles. The molecular weight excluding hydrogens is 374 g/mol. The molecule has 0 saturated carbocycles. The van der Waals surface area contributed by atoms with Gasteiger partial charge >= 0.3 is 0 Å². The fraction of sp³-hybridized carbons (Fsp3) is 1.00. The van der Waals surface area contributed by atoms with Gasteiger partial charge in [-0.1, -0.05) is 103 Å². The number of rotatable bonds is 20. The Labute approximate surface area is 176 Å². The van der Waals surface area contributed by atoms with E-state index < -0.39 is 10.4 Å². The van der Waals surface area contributed by atoms with E-state index in [-0.39, 0.29) is 6.61 Å². The maximum Gasteiger partial charge on any atom is 0.217 e. The summed E-state index contributed by atoms with van der Waals surface area (Å²) < 4.78 is 34.8. The molecule has 172 valence electrons. The normalized spacial score (nSPS) is 11.3. The van der Waals surface area contributed by atoms with Crippen molar-refractivity contribution < 1.29 is 22.5 Å².